The van der Waals surface area contributed by atoms with Crippen LogP contribution in [0.4, 0.5) is 0 Å². The van der Waals surface area contributed by atoms with Gasteiger partial charge in [-0.05, 0) is 17.7 Å². The minimum atomic E-state index is -0.310. The maximum absolute atomic E-state index is 11.1. The molecule has 0 aromatic heterocycles. The molecule has 0 bridgehead atoms. The van der Waals surface area contributed by atoms with E-state index in [9.17, 15) is 4.79 Å². The van der Waals surface area contributed by atoms with E-state index in [1.165, 1.54) is 11.6 Å². The molecule has 0 saturated heterocycles. The lowest BCUT2D eigenvalue weighted by atomic mass is 10.2. The molecule has 1 N–H and O–H groups in total. The highest BCUT2D eigenvalue weighted by Gasteiger charge is 2.02. The molecule has 0 heterocycles. The third-order valence-corrected chi connectivity index (χ3v) is 2.51. The second kappa shape index (κ2) is 15.0. The van der Waals surface area contributed by atoms with Crippen molar-refractivity contribution < 1.29 is 14.6 Å². The predicted octanol–water partition coefficient (Wildman–Crippen LogP) is 4.52. The number of hydrogen-bond donors (Lipinski definition) is 1. The van der Waals surface area contributed by atoms with Gasteiger partial charge in [0.05, 0.1) is 12.2 Å². The molecule has 0 aliphatic carbocycles. The first kappa shape index (κ1) is 21.1. The number of esters is 1. The highest BCUT2D eigenvalue weighted by molar-refractivity contribution is 5.89. The summed E-state index contributed by atoms with van der Waals surface area (Å²) in [5.74, 6) is -0.310. The fourth-order valence-electron chi connectivity index (χ4n) is 1.38. The molecule has 2 aromatic carbocycles. The molecule has 3 heteroatoms. The van der Waals surface area contributed by atoms with E-state index in [2.05, 4.69) is 19.7 Å². The van der Waals surface area contributed by atoms with E-state index in [4.69, 9.17) is 9.84 Å². The van der Waals surface area contributed by atoms with Gasteiger partial charge in [-0.3, -0.25) is 0 Å². The van der Waals surface area contributed by atoms with Crippen LogP contribution in [-0.4, -0.2) is 24.3 Å². The van der Waals surface area contributed by atoms with Gasteiger partial charge < -0.3 is 9.84 Å². The second-order valence-corrected chi connectivity index (χ2v) is 4.34. The van der Waals surface area contributed by atoms with Gasteiger partial charge in [0.2, 0.25) is 0 Å². The zero-order valence-corrected chi connectivity index (χ0v) is 13.8. The molecule has 0 amide bonds. The van der Waals surface area contributed by atoms with Crippen molar-refractivity contribution in [2.45, 2.75) is 0 Å². The van der Waals surface area contributed by atoms with Crippen LogP contribution in [0.5, 0.6) is 0 Å². The molecule has 0 atom stereocenters. The number of rotatable bonds is 5. The third-order valence-electron chi connectivity index (χ3n) is 2.51. The van der Waals surface area contributed by atoms with Crippen LogP contribution in [0, 0.1) is 0 Å². The van der Waals surface area contributed by atoms with Crippen LogP contribution < -0.4 is 0 Å². The molecule has 126 valence electrons. The zero-order valence-electron chi connectivity index (χ0n) is 13.8. The van der Waals surface area contributed by atoms with Gasteiger partial charge in [-0.1, -0.05) is 79.9 Å². The molecule has 0 fully saturated rings. The summed E-state index contributed by atoms with van der Waals surface area (Å²) in [7, 11) is 0. The van der Waals surface area contributed by atoms with Crippen molar-refractivity contribution in [3.8, 4) is 0 Å². The van der Waals surface area contributed by atoms with Gasteiger partial charge in [0, 0.05) is 0 Å². The van der Waals surface area contributed by atoms with Gasteiger partial charge in [0.1, 0.15) is 6.61 Å². The topological polar surface area (TPSA) is 46.5 Å². The van der Waals surface area contributed by atoms with Crippen LogP contribution in [0.15, 0.2) is 92.6 Å². The Kier molecular flexibility index (Phi) is 13.2. The molecule has 0 radical (unpaired) electrons. The summed E-state index contributed by atoms with van der Waals surface area (Å²) in [6.45, 7) is 10.7. The van der Waals surface area contributed by atoms with Crippen molar-refractivity contribution in [1.29, 1.82) is 0 Å². The SMILES string of the molecule is C=CCO.C=CCOC(=O)c1ccccc1.C=Cc1ccccc1. The normalized spacial score (nSPS) is 8.38. The van der Waals surface area contributed by atoms with E-state index < -0.39 is 0 Å². The molecule has 0 spiro atoms. The zero-order chi connectivity index (χ0) is 18.0. The molecule has 2 rings (SSSR count). The fourth-order valence-corrected chi connectivity index (χ4v) is 1.38. The Morgan fingerprint density at radius 3 is 1.79 bits per heavy atom. The lowest BCUT2D eigenvalue weighted by molar-refractivity contribution is 0.0549. The van der Waals surface area contributed by atoms with Crippen molar-refractivity contribution in [1.82, 2.24) is 0 Å². The predicted molar refractivity (Wildman–Crippen MR) is 101 cm³/mol. The van der Waals surface area contributed by atoms with Crippen LogP contribution in [-0.2, 0) is 4.74 Å². The molecule has 24 heavy (non-hydrogen) atoms. The summed E-state index contributed by atoms with van der Waals surface area (Å²) in [6.07, 6.45) is 4.81. The van der Waals surface area contributed by atoms with Crippen molar-refractivity contribution in [3.63, 3.8) is 0 Å². The van der Waals surface area contributed by atoms with Crippen molar-refractivity contribution in [2.75, 3.05) is 13.2 Å². The molecular formula is C21H24O3. The summed E-state index contributed by atoms with van der Waals surface area (Å²) >= 11 is 0. The van der Waals surface area contributed by atoms with E-state index in [1.54, 1.807) is 30.3 Å². The summed E-state index contributed by atoms with van der Waals surface area (Å²) in [5.41, 5.74) is 1.74. The quantitative estimate of drug-likeness (QED) is 0.649. The first-order valence-electron chi connectivity index (χ1n) is 7.41. The Balaban J connectivity index is 0.000000379. The van der Waals surface area contributed by atoms with Crippen molar-refractivity contribution >= 4 is 12.0 Å². The molecule has 0 aliphatic rings. The molecule has 0 aliphatic heterocycles. The van der Waals surface area contributed by atoms with E-state index in [-0.39, 0.29) is 19.2 Å². The van der Waals surface area contributed by atoms with Gasteiger partial charge in [0.15, 0.2) is 0 Å². The Labute approximate surface area is 144 Å². The third kappa shape index (κ3) is 10.8. The van der Waals surface area contributed by atoms with Crippen LogP contribution in [0.25, 0.3) is 6.08 Å². The van der Waals surface area contributed by atoms with Gasteiger partial charge in [0.25, 0.3) is 0 Å². The second-order valence-electron chi connectivity index (χ2n) is 4.34. The Hall–Kier alpha value is -2.91. The molecular weight excluding hydrogens is 300 g/mol. The largest absolute Gasteiger partial charge is 0.458 e. The number of ether oxygens (including phenoxy) is 1. The summed E-state index contributed by atoms with van der Waals surface area (Å²) in [6, 6.07) is 18.9. The first-order valence-corrected chi connectivity index (χ1v) is 7.41. The van der Waals surface area contributed by atoms with E-state index in [1.807, 2.05) is 42.5 Å². The number of benzene rings is 2. The minimum Gasteiger partial charge on any atom is -0.458 e. The van der Waals surface area contributed by atoms with E-state index in [0.717, 1.165) is 0 Å². The minimum absolute atomic E-state index is 0.0833. The number of carbonyl (C=O) groups is 1. The molecule has 2 aromatic rings. The lowest BCUT2D eigenvalue weighted by Crippen LogP contribution is -2.04. The highest BCUT2D eigenvalue weighted by atomic mass is 16.5. The smallest absolute Gasteiger partial charge is 0.338 e. The van der Waals surface area contributed by atoms with Crippen LogP contribution in [0.3, 0.4) is 0 Å². The Bertz CT molecular complexity index is 589. The number of carbonyl (C=O) groups excluding carboxylic acids is 1. The summed E-state index contributed by atoms with van der Waals surface area (Å²) < 4.78 is 4.82. The molecule has 3 nitrogen and oxygen atoms in total. The Morgan fingerprint density at radius 1 is 0.917 bits per heavy atom. The van der Waals surface area contributed by atoms with Gasteiger partial charge >= 0.3 is 5.97 Å². The van der Waals surface area contributed by atoms with E-state index >= 15 is 0 Å². The number of aliphatic hydroxyl groups is 1. The van der Waals surface area contributed by atoms with Crippen LogP contribution in [0.2, 0.25) is 0 Å². The number of hydrogen-bond acceptors (Lipinski definition) is 3. The average Bonchev–Trinajstić information content (AvgIpc) is 2.68. The van der Waals surface area contributed by atoms with Crippen molar-refractivity contribution in [3.05, 3.63) is 104 Å². The maximum atomic E-state index is 11.1. The Morgan fingerprint density at radius 2 is 1.42 bits per heavy atom. The first-order chi connectivity index (χ1) is 11.7. The fraction of sp³-hybridized carbons (Fsp3) is 0.0952. The van der Waals surface area contributed by atoms with Crippen molar-refractivity contribution in [2.24, 2.45) is 0 Å². The highest BCUT2D eigenvalue weighted by Crippen LogP contribution is 2.00. The van der Waals surface area contributed by atoms with Crippen LogP contribution in [0.1, 0.15) is 15.9 Å². The monoisotopic (exact) mass is 324 g/mol. The molecule has 0 unspecified atom stereocenters. The van der Waals surface area contributed by atoms with Crippen LogP contribution >= 0.6 is 0 Å². The average molecular weight is 324 g/mol. The van der Waals surface area contributed by atoms with Gasteiger partial charge in [-0.2, -0.15) is 0 Å². The number of aliphatic hydroxyl groups excluding tert-OH is 1. The summed E-state index contributed by atoms with van der Waals surface area (Å²) in [5, 5.41) is 7.76. The van der Waals surface area contributed by atoms with Gasteiger partial charge in [-0.15, -0.1) is 6.58 Å². The van der Waals surface area contributed by atoms with Gasteiger partial charge in [-0.25, -0.2) is 4.79 Å². The summed E-state index contributed by atoms with van der Waals surface area (Å²) in [4.78, 5) is 11.1. The standard InChI is InChI=1S/C10H10O2.C8H8.C3H6O/c1-2-8-12-10(11)9-6-4-3-5-7-9;1-2-8-6-4-3-5-7-8;1-2-3-4/h2-7H,1,8H2;2-7H,1H2;2,4H,1,3H2. The maximum Gasteiger partial charge on any atom is 0.338 e. The lowest BCUT2D eigenvalue weighted by Gasteiger charge is -1.99. The van der Waals surface area contributed by atoms with E-state index in [0.29, 0.717) is 5.56 Å². The molecule has 0 saturated carbocycles.